The van der Waals surface area contributed by atoms with E-state index in [1.165, 1.54) is 19.2 Å². The van der Waals surface area contributed by atoms with Crippen LogP contribution in [0.15, 0.2) is 29.4 Å². The number of hydrogen-bond donors (Lipinski definition) is 3. The van der Waals surface area contributed by atoms with Crippen LogP contribution < -0.4 is 21.3 Å². The van der Waals surface area contributed by atoms with E-state index in [-0.39, 0.29) is 0 Å². The highest BCUT2D eigenvalue weighted by atomic mass is 16.7. The van der Waals surface area contributed by atoms with Gasteiger partial charge >= 0.3 is 0 Å². The minimum Gasteiger partial charge on any atom is -0.497 e. The molecule has 9 heteroatoms. The Morgan fingerprint density at radius 3 is 2.56 bits per heavy atom. The lowest BCUT2D eigenvalue weighted by atomic mass is 10.2. The second kappa shape index (κ2) is 6.03. The number of benzene rings is 1. The van der Waals surface area contributed by atoms with E-state index in [0.717, 1.165) is 0 Å². The highest BCUT2D eigenvalue weighted by Crippen LogP contribution is 2.10. The van der Waals surface area contributed by atoms with Crippen molar-refractivity contribution in [2.75, 3.05) is 7.11 Å². The average molecular weight is 253 g/mol. The molecule has 0 fully saturated rings. The number of nitro groups is 1. The maximum Gasteiger partial charge on any atom is 0.273 e. The lowest BCUT2D eigenvalue weighted by Gasteiger charge is -2.02. The number of ether oxygens (including phenoxy) is 1. The van der Waals surface area contributed by atoms with Gasteiger partial charge in [-0.15, -0.1) is 5.10 Å². The number of nitrogens with zero attached hydrogens (tertiary/aromatic N) is 2. The van der Waals surface area contributed by atoms with Gasteiger partial charge in [0.25, 0.3) is 11.9 Å². The molecule has 1 amide bonds. The number of carbonyl (C=O) groups excluding carboxylic acids is 1. The summed E-state index contributed by atoms with van der Waals surface area (Å²) in [6, 6.07) is 6.22. The van der Waals surface area contributed by atoms with Crippen molar-refractivity contribution in [1.82, 2.24) is 10.9 Å². The number of guanidine groups is 1. The molecule has 0 aliphatic carbocycles. The predicted octanol–water partition coefficient (Wildman–Crippen LogP) is -0.564. The van der Waals surface area contributed by atoms with Crippen molar-refractivity contribution in [3.8, 4) is 5.75 Å². The summed E-state index contributed by atoms with van der Waals surface area (Å²) >= 11 is 0. The number of nitrogens with one attached hydrogen (secondary N) is 2. The van der Waals surface area contributed by atoms with Gasteiger partial charge < -0.3 is 10.5 Å². The number of rotatable bonds is 4. The fraction of sp³-hybridized carbons (Fsp3) is 0.111. The van der Waals surface area contributed by atoms with E-state index in [1.807, 2.05) is 0 Å². The molecule has 0 unspecified atom stereocenters. The third-order valence-electron chi connectivity index (χ3n) is 1.84. The molecule has 0 atom stereocenters. The van der Waals surface area contributed by atoms with Gasteiger partial charge in [0.1, 0.15) is 5.75 Å². The second-order valence-electron chi connectivity index (χ2n) is 3.04. The van der Waals surface area contributed by atoms with Crippen LogP contribution in [0.3, 0.4) is 0 Å². The molecule has 0 aliphatic rings. The van der Waals surface area contributed by atoms with Gasteiger partial charge in [0.15, 0.2) is 5.03 Å². The van der Waals surface area contributed by atoms with Crippen molar-refractivity contribution in [2.45, 2.75) is 0 Å². The molecular formula is C9H11N5O4. The van der Waals surface area contributed by atoms with Gasteiger partial charge in [-0.05, 0) is 24.3 Å². The maximum absolute atomic E-state index is 11.5. The minimum atomic E-state index is -0.891. The van der Waals surface area contributed by atoms with Gasteiger partial charge in [0, 0.05) is 5.56 Å². The van der Waals surface area contributed by atoms with Crippen LogP contribution in [0.4, 0.5) is 0 Å². The summed E-state index contributed by atoms with van der Waals surface area (Å²) in [5.74, 6) is -0.475. The zero-order valence-electron chi connectivity index (χ0n) is 9.41. The molecule has 1 aromatic carbocycles. The van der Waals surface area contributed by atoms with Gasteiger partial charge in [0.05, 0.1) is 7.11 Å². The Kier molecular flexibility index (Phi) is 4.43. The molecule has 1 aromatic rings. The molecule has 18 heavy (non-hydrogen) atoms. The van der Waals surface area contributed by atoms with Gasteiger partial charge in [-0.3, -0.25) is 4.79 Å². The Labute approximate surface area is 102 Å². The predicted molar refractivity (Wildman–Crippen MR) is 62.2 cm³/mol. The van der Waals surface area contributed by atoms with Crippen LogP contribution in [0.25, 0.3) is 0 Å². The average Bonchev–Trinajstić information content (AvgIpc) is 2.35. The fourth-order valence-corrected chi connectivity index (χ4v) is 1.04. The van der Waals surface area contributed by atoms with Gasteiger partial charge in [-0.25, -0.2) is 15.5 Å². The summed E-state index contributed by atoms with van der Waals surface area (Å²) < 4.78 is 4.93. The first-order valence-corrected chi connectivity index (χ1v) is 4.71. The molecule has 0 spiro atoms. The molecule has 0 aliphatic heterocycles. The van der Waals surface area contributed by atoms with Crippen LogP contribution in [0, 0.1) is 10.1 Å². The lowest BCUT2D eigenvalue weighted by Crippen LogP contribution is -2.38. The van der Waals surface area contributed by atoms with Gasteiger partial charge in [-0.2, -0.15) is 0 Å². The molecule has 9 nitrogen and oxygen atoms in total. The zero-order valence-corrected chi connectivity index (χ0v) is 9.41. The number of amides is 1. The van der Waals surface area contributed by atoms with Crippen molar-refractivity contribution < 1.29 is 14.6 Å². The summed E-state index contributed by atoms with van der Waals surface area (Å²) in [4.78, 5) is 21.5. The summed E-state index contributed by atoms with van der Waals surface area (Å²) in [6.07, 6.45) is 0. The van der Waals surface area contributed by atoms with Crippen LogP contribution in [-0.2, 0) is 0 Å². The first kappa shape index (κ1) is 13.2. The number of hydrazone groups is 1. The SMILES string of the molecule is COc1ccc(C(=O)N/N=C(\N)N[N+](=O)[O-])cc1. The highest BCUT2D eigenvalue weighted by molar-refractivity contribution is 5.94. The molecule has 0 bridgehead atoms. The molecule has 4 N–H and O–H groups in total. The first-order chi connectivity index (χ1) is 8.52. The van der Waals surface area contributed by atoms with Crippen molar-refractivity contribution in [3.05, 3.63) is 39.9 Å². The third-order valence-corrected chi connectivity index (χ3v) is 1.84. The second-order valence-corrected chi connectivity index (χ2v) is 3.04. The molecule has 0 aromatic heterocycles. The van der Waals surface area contributed by atoms with Crippen molar-refractivity contribution in [1.29, 1.82) is 0 Å². The van der Waals surface area contributed by atoms with E-state index in [2.05, 4.69) is 10.5 Å². The fourth-order valence-electron chi connectivity index (χ4n) is 1.04. The molecule has 1 rings (SSSR count). The first-order valence-electron chi connectivity index (χ1n) is 4.71. The topological polar surface area (TPSA) is 132 Å². The number of hydrazine groups is 1. The Balaban J connectivity index is 2.62. The van der Waals surface area contributed by atoms with Crippen LogP contribution in [0.2, 0.25) is 0 Å². The quantitative estimate of drug-likeness (QED) is 0.285. The molecule has 0 heterocycles. The summed E-state index contributed by atoms with van der Waals surface area (Å²) in [5.41, 5.74) is 9.06. The van der Waals surface area contributed by atoms with E-state index in [9.17, 15) is 14.9 Å². The summed E-state index contributed by atoms with van der Waals surface area (Å²) in [7, 11) is 1.50. The standard InChI is InChI=1S/C9H11N5O4/c1-18-7-4-2-6(3-5-7)8(15)11-12-9(10)13-14(16)17/h2-5H,1H3,(H,11,15)(H3,10,12,13). The van der Waals surface area contributed by atoms with E-state index in [4.69, 9.17) is 10.5 Å². The Bertz CT molecular complexity index is 470. The van der Waals surface area contributed by atoms with Crippen LogP contribution in [0.5, 0.6) is 5.75 Å². The van der Waals surface area contributed by atoms with Crippen molar-refractivity contribution in [3.63, 3.8) is 0 Å². The molecule has 0 saturated heterocycles. The van der Waals surface area contributed by atoms with Crippen LogP contribution in [0.1, 0.15) is 10.4 Å². The highest BCUT2D eigenvalue weighted by Gasteiger charge is 2.05. The van der Waals surface area contributed by atoms with Crippen molar-refractivity contribution in [2.24, 2.45) is 10.8 Å². The number of carbonyl (C=O) groups is 1. The van der Waals surface area contributed by atoms with Gasteiger partial charge in [-0.1, -0.05) is 5.43 Å². The normalized spacial score (nSPS) is 10.6. The van der Waals surface area contributed by atoms with E-state index >= 15 is 0 Å². The molecular weight excluding hydrogens is 242 g/mol. The maximum atomic E-state index is 11.5. The third kappa shape index (κ3) is 3.96. The van der Waals surface area contributed by atoms with E-state index < -0.39 is 16.9 Å². The summed E-state index contributed by atoms with van der Waals surface area (Å²) in [6.45, 7) is 0. The number of methoxy groups -OCH3 is 1. The van der Waals surface area contributed by atoms with Crippen LogP contribution >= 0.6 is 0 Å². The number of hydrogen-bond acceptors (Lipinski definition) is 5. The van der Waals surface area contributed by atoms with E-state index in [0.29, 0.717) is 11.3 Å². The van der Waals surface area contributed by atoms with Crippen molar-refractivity contribution >= 4 is 11.9 Å². The zero-order chi connectivity index (χ0) is 13.5. The lowest BCUT2D eigenvalue weighted by molar-refractivity contribution is -0.525. The molecule has 96 valence electrons. The molecule has 0 radical (unpaired) electrons. The van der Waals surface area contributed by atoms with Crippen LogP contribution in [-0.4, -0.2) is 24.0 Å². The Morgan fingerprint density at radius 1 is 1.44 bits per heavy atom. The van der Waals surface area contributed by atoms with Gasteiger partial charge in [0.2, 0.25) is 0 Å². The summed E-state index contributed by atoms with van der Waals surface area (Å²) in [5, 5.41) is 12.4. The Hall–Kier alpha value is -2.84. The smallest absolute Gasteiger partial charge is 0.273 e. The largest absolute Gasteiger partial charge is 0.497 e. The Morgan fingerprint density at radius 2 is 2.06 bits per heavy atom. The molecule has 0 saturated carbocycles. The minimum absolute atomic E-state index is 0.313. The monoisotopic (exact) mass is 253 g/mol. The number of nitrogens with two attached hydrogens (primary N) is 1. The van der Waals surface area contributed by atoms with E-state index in [1.54, 1.807) is 17.6 Å².